The number of nitriles is 1. The summed E-state index contributed by atoms with van der Waals surface area (Å²) in [4.78, 5) is 23.2. The third kappa shape index (κ3) is 4.66. The maximum Gasteiger partial charge on any atom is 0.276 e. The number of hydrogen-bond donors (Lipinski definition) is 1. The van der Waals surface area contributed by atoms with Gasteiger partial charge in [-0.15, -0.1) is 0 Å². The second-order valence-corrected chi connectivity index (χ2v) is 6.19. The van der Waals surface area contributed by atoms with Crippen LogP contribution in [-0.4, -0.2) is 16.0 Å². The number of nitro benzene ring substituents is 1. The zero-order valence-electron chi connectivity index (χ0n) is 15.9. The molecular formula is C22H16N4O4. The lowest BCUT2D eigenvalue weighted by molar-refractivity contribution is -0.385. The second kappa shape index (κ2) is 9.12. The molecule has 3 aromatic rings. The van der Waals surface area contributed by atoms with Crippen LogP contribution in [0.4, 0.5) is 11.4 Å². The number of nitro groups is 1. The van der Waals surface area contributed by atoms with Crippen LogP contribution in [0.5, 0.6) is 0 Å². The molecule has 0 unspecified atom stereocenters. The molecule has 30 heavy (non-hydrogen) atoms. The van der Waals surface area contributed by atoms with Crippen LogP contribution in [0.25, 0.3) is 18.2 Å². The summed E-state index contributed by atoms with van der Waals surface area (Å²) in [6.07, 6.45) is 4.63. The van der Waals surface area contributed by atoms with E-state index in [1.807, 2.05) is 30.3 Å². The molecule has 1 N–H and O–H groups in total. The lowest BCUT2D eigenvalue weighted by Gasteiger charge is -2.04. The number of anilines is 1. The lowest BCUT2D eigenvalue weighted by atomic mass is 10.1. The van der Waals surface area contributed by atoms with Crippen molar-refractivity contribution in [1.82, 2.24) is 5.16 Å². The van der Waals surface area contributed by atoms with Crippen molar-refractivity contribution in [3.8, 4) is 6.07 Å². The molecule has 0 aliphatic carbocycles. The van der Waals surface area contributed by atoms with E-state index in [1.165, 1.54) is 24.3 Å². The molecule has 8 nitrogen and oxygen atoms in total. The standard InChI is InChI=1S/C22H16N4O4/c1-15-21(20(30-25-15)12-11-16-7-3-2-4-8-16)24-22(27)18(14-23)13-17-9-5-6-10-19(17)26(28)29/h2-13H,1H3,(H,24,27)/b12-11+,18-13+. The summed E-state index contributed by atoms with van der Waals surface area (Å²) >= 11 is 0. The summed E-state index contributed by atoms with van der Waals surface area (Å²) in [7, 11) is 0. The van der Waals surface area contributed by atoms with Gasteiger partial charge in [0.05, 0.1) is 10.5 Å². The fourth-order valence-electron chi connectivity index (χ4n) is 2.65. The molecule has 0 bridgehead atoms. The number of hydrogen-bond acceptors (Lipinski definition) is 6. The van der Waals surface area contributed by atoms with Crippen molar-refractivity contribution < 1.29 is 14.2 Å². The number of nitrogens with one attached hydrogen (secondary N) is 1. The molecule has 1 heterocycles. The molecule has 1 amide bonds. The smallest absolute Gasteiger partial charge is 0.276 e. The van der Waals surface area contributed by atoms with E-state index < -0.39 is 10.8 Å². The molecule has 0 saturated heterocycles. The average Bonchev–Trinajstić information content (AvgIpc) is 3.10. The number of carbonyl (C=O) groups excluding carboxylic acids is 1. The van der Waals surface area contributed by atoms with Crippen LogP contribution in [0.1, 0.15) is 22.6 Å². The van der Waals surface area contributed by atoms with Crippen LogP contribution in [0.2, 0.25) is 0 Å². The summed E-state index contributed by atoms with van der Waals surface area (Å²) in [5.41, 5.74) is 1.33. The summed E-state index contributed by atoms with van der Waals surface area (Å²) in [5.74, 6) is -0.413. The molecule has 0 spiro atoms. The summed E-state index contributed by atoms with van der Waals surface area (Å²) in [6.45, 7) is 1.65. The molecule has 0 radical (unpaired) electrons. The highest BCUT2D eigenvalue weighted by atomic mass is 16.6. The minimum atomic E-state index is -0.726. The molecule has 2 aromatic carbocycles. The van der Waals surface area contributed by atoms with Crippen LogP contribution < -0.4 is 5.32 Å². The van der Waals surface area contributed by atoms with E-state index in [1.54, 1.807) is 31.2 Å². The largest absolute Gasteiger partial charge is 0.354 e. The van der Waals surface area contributed by atoms with Crippen molar-refractivity contribution in [2.24, 2.45) is 0 Å². The van der Waals surface area contributed by atoms with Gasteiger partial charge in [-0.05, 0) is 30.7 Å². The van der Waals surface area contributed by atoms with Gasteiger partial charge >= 0.3 is 0 Å². The first-order valence-corrected chi connectivity index (χ1v) is 8.85. The molecule has 3 rings (SSSR count). The SMILES string of the molecule is Cc1noc(/C=C/c2ccccc2)c1NC(=O)/C(C#N)=C/c1ccccc1[N+](=O)[O-]. The Kier molecular flexibility index (Phi) is 6.15. The minimum Gasteiger partial charge on any atom is -0.354 e. The monoisotopic (exact) mass is 400 g/mol. The Balaban J connectivity index is 1.87. The van der Waals surface area contributed by atoms with Crippen molar-refractivity contribution in [1.29, 1.82) is 5.26 Å². The van der Waals surface area contributed by atoms with Gasteiger partial charge in [0.1, 0.15) is 23.0 Å². The highest BCUT2D eigenvalue weighted by Crippen LogP contribution is 2.25. The Morgan fingerprint density at radius 1 is 1.17 bits per heavy atom. The molecule has 0 aliphatic heterocycles. The van der Waals surface area contributed by atoms with E-state index in [9.17, 15) is 20.2 Å². The summed E-state index contributed by atoms with van der Waals surface area (Å²) in [6, 6.07) is 17.1. The maximum absolute atomic E-state index is 12.6. The van der Waals surface area contributed by atoms with E-state index in [0.29, 0.717) is 17.1 Å². The lowest BCUT2D eigenvalue weighted by Crippen LogP contribution is -2.14. The number of carbonyl (C=O) groups is 1. The van der Waals surface area contributed by atoms with Crippen molar-refractivity contribution in [3.63, 3.8) is 0 Å². The first-order chi connectivity index (χ1) is 14.5. The third-order valence-electron chi connectivity index (χ3n) is 4.15. The molecule has 8 heteroatoms. The molecule has 1 aromatic heterocycles. The zero-order valence-corrected chi connectivity index (χ0v) is 15.9. The van der Waals surface area contributed by atoms with E-state index in [0.717, 1.165) is 5.56 Å². The van der Waals surface area contributed by atoms with Crippen molar-refractivity contribution >= 4 is 35.5 Å². The summed E-state index contributed by atoms with van der Waals surface area (Å²) < 4.78 is 5.26. The first-order valence-electron chi connectivity index (χ1n) is 8.85. The maximum atomic E-state index is 12.6. The minimum absolute atomic E-state index is 0.153. The van der Waals surface area contributed by atoms with Gasteiger partial charge in [0, 0.05) is 6.07 Å². The Hall–Kier alpha value is -4.51. The van der Waals surface area contributed by atoms with Crippen LogP contribution in [0.3, 0.4) is 0 Å². The van der Waals surface area contributed by atoms with Gasteiger partial charge in [-0.2, -0.15) is 5.26 Å². The molecule has 148 valence electrons. The number of aromatic nitrogens is 1. The van der Waals surface area contributed by atoms with Gasteiger partial charge < -0.3 is 9.84 Å². The topological polar surface area (TPSA) is 122 Å². The fraction of sp³-hybridized carbons (Fsp3) is 0.0455. The molecule has 0 atom stereocenters. The van der Waals surface area contributed by atoms with E-state index in [-0.39, 0.29) is 16.8 Å². The van der Waals surface area contributed by atoms with Crippen LogP contribution in [0, 0.1) is 28.4 Å². The number of benzene rings is 2. The van der Waals surface area contributed by atoms with Gasteiger partial charge in [-0.25, -0.2) is 0 Å². The van der Waals surface area contributed by atoms with Crippen molar-refractivity contribution in [2.75, 3.05) is 5.32 Å². The quantitative estimate of drug-likeness (QED) is 0.279. The van der Waals surface area contributed by atoms with Crippen molar-refractivity contribution in [3.05, 3.63) is 92.9 Å². The van der Waals surface area contributed by atoms with E-state index in [2.05, 4.69) is 10.5 Å². The normalized spacial score (nSPS) is 11.3. The molecular weight excluding hydrogens is 384 g/mol. The Labute approximate surface area is 171 Å². The van der Waals surface area contributed by atoms with E-state index >= 15 is 0 Å². The number of rotatable bonds is 6. The Bertz CT molecular complexity index is 1190. The van der Waals surface area contributed by atoms with Crippen LogP contribution >= 0.6 is 0 Å². The predicted molar refractivity (Wildman–Crippen MR) is 112 cm³/mol. The van der Waals surface area contributed by atoms with Gasteiger partial charge in [0.2, 0.25) is 0 Å². The first kappa shape index (κ1) is 20.2. The zero-order chi connectivity index (χ0) is 21.5. The Morgan fingerprint density at radius 3 is 2.57 bits per heavy atom. The van der Waals surface area contributed by atoms with Crippen LogP contribution in [-0.2, 0) is 4.79 Å². The predicted octanol–water partition coefficient (Wildman–Crippen LogP) is 4.61. The molecule has 0 fully saturated rings. The van der Waals surface area contributed by atoms with Gasteiger partial charge in [0.15, 0.2) is 5.76 Å². The average molecular weight is 400 g/mol. The van der Waals surface area contributed by atoms with Gasteiger partial charge in [0.25, 0.3) is 11.6 Å². The van der Waals surface area contributed by atoms with Gasteiger partial charge in [-0.3, -0.25) is 14.9 Å². The Morgan fingerprint density at radius 2 is 1.87 bits per heavy atom. The number of para-hydroxylation sites is 1. The molecule has 0 saturated carbocycles. The number of amides is 1. The highest BCUT2D eigenvalue weighted by Gasteiger charge is 2.18. The van der Waals surface area contributed by atoms with Gasteiger partial charge in [-0.1, -0.05) is 53.7 Å². The highest BCUT2D eigenvalue weighted by molar-refractivity contribution is 6.10. The van der Waals surface area contributed by atoms with E-state index in [4.69, 9.17) is 4.52 Å². The number of nitrogens with zero attached hydrogens (tertiary/aromatic N) is 3. The van der Waals surface area contributed by atoms with Crippen LogP contribution in [0.15, 0.2) is 64.7 Å². The number of aryl methyl sites for hydroxylation is 1. The fourth-order valence-corrected chi connectivity index (χ4v) is 2.65. The summed E-state index contributed by atoms with van der Waals surface area (Å²) in [5, 5.41) is 27.0. The second-order valence-electron chi connectivity index (χ2n) is 6.19. The molecule has 0 aliphatic rings. The van der Waals surface area contributed by atoms with Crippen molar-refractivity contribution in [2.45, 2.75) is 6.92 Å². The third-order valence-corrected chi connectivity index (χ3v) is 4.15.